The van der Waals surface area contributed by atoms with E-state index in [1.165, 1.54) is 0 Å². The normalized spacial score (nSPS) is 14.9. The molecule has 0 saturated carbocycles. The zero-order valence-corrected chi connectivity index (χ0v) is 17.3. The SMILES string of the molecule is Cc1cc(C(C)NCc2ccccc2C(=O)O)c2oc(N3CCCC3)cc(=O)c2c1. The van der Waals surface area contributed by atoms with Gasteiger partial charge in [0.2, 0.25) is 0 Å². The van der Waals surface area contributed by atoms with Crippen LogP contribution in [0.2, 0.25) is 0 Å². The molecule has 6 heteroatoms. The summed E-state index contributed by atoms with van der Waals surface area (Å²) in [5.74, 6) is -0.319. The van der Waals surface area contributed by atoms with Crippen LogP contribution >= 0.6 is 0 Å². The fraction of sp³-hybridized carbons (Fsp3) is 0.333. The molecule has 0 spiro atoms. The zero-order valence-electron chi connectivity index (χ0n) is 17.3. The molecular formula is C24H26N2O4. The summed E-state index contributed by atoms with van der Waals surface area (Å²) in [5.41, 5.74) is 3.45. The third-order valence-electron chi connectivity index (χ3n) is 5.72. The molecule has 0 aliphatic carbocycles. The third kappa shape index (κ3) is 3.96. The highest BCUT2D eigenvalue weighted by molar-refractivity contribution is 5.89. The molecular weight excluding hydrogens is 380 g/mol. The predicted octanol–water partition coefficient (Wildman–Crippen LogP) is 4.25. The molecule has 0 bridgehead atoms. The lowest BCUT2D eigenvalue weighted by Crippen LogP contribution is -2.22. The fourth-order valence-electron chi connectivity index (χ4n) is 4.09. The van der Waals surface area contributed by atoms with E-state index in [9.17, 15) is 14.7 Å². The van der Waals surface area contributed by atoms with Crippen LogP contribution in [0, 0.1) is 6.92 Å². The number of carbonyl (C=O) groups is 1. The molecule has 1 atom stereocenters. The minimum atomic E-state index is -0.942. The number of fused-ring (bicyclic) bond motifs is 1. The number of aryl methyl sites for hydroxylation is 1. The summed E-state index contributed by atoms with van der Waals surface area (Å²) in [7, 11) is 0. The van der Waals surface area contributed by atoms with Crippen molar-refractivity contribution in [2.75, 3.05) is 18.0 Å². The molecule has 1 aromatic heterocycles. The van der Waals surface area contributed by atoms with Crippen LogP contribution in [-0.2, 0) is 6.54 Å². The third-order valence-corrected chi connectivity index (χ3v) is 5.72. The lowest BCUT2D eigenvalue weighted by atomic mass is 10.0. The number of nitrogens with zero attached hydrogens (tertiary/aromatic N) is 1. The van der Waals surface area contributed by atoms with Gasteiger partial charge in [-0.1, -0.05) is 24.3 Å². The largest absolute Gasteiger partial charge is 0.478 e. The van der Waals surface area contributed by atoms with Crippen molar-refractivity contribution < 1.29 is 14.3 Å². The van der Waals surface area contributed by atoms with Crippen LogP contribution in [0.5, 0.6) is 0 Å². The Morgan fingerprint density at radius 3 is 2.67 bits per heavy atom. The van der Waals surface area contributed by atoms with Gasteiger partial charge in [0.25, 0.3) is 0 Å². The second kappa shape index (κ2) is 8.32. The monoisotopic (exact) mass is 406 g/mol. The number of carboxylic acids is 1. The Bertz CT molecular complexity index is 1150. The van der Waals surface area contributed by atoms with Gasteiger partial charge in [0.05, 0.1) is 10.9 Å². The first-order valence-corrected chi connectivity index (χ1v) is 10.3. The quantitative estimate of drug-likeness (QED) is 0.637. The average Bonchev–Trinajstić information content (AvgIpc) is 3.27. The van der Waals surface area contributed by atoms with Crippen molar-refractivity contribution >= 4 is 22.8 Å². The standard InChI is InChI=1S/C24H26N2O4/c1-15-11-19(16(2)25-14-17-7-3-4-8-18(17)24(28)29)23-20(12-15)21(27)13-22(30-23)26-9-5-6-10-26/h3-4,7-8,11-13,16,25H,5-6,9-10,14H2,1-2H3,(H,28,29). The first-order valence-electron chi connectivity index (χ1n) is 10.3. The molecule has 6 nitrogen and oxygen atoms in total. The van der Waals surface area contributed by atoms with Crippen molar-refractivity contribution in [1.82, 2.24) is 5.32 Å². The molecule has 1 fully saturated rings. The van der Waals surface area contributed by atoms with Crippen molar-refractivity contribution in [3.05, 3.63) is 74.9 Å². The van der Waals surface area contributed by atoms with Gasteiger partial charge in [-0.25, -0.2) is 4.79 Å². The summed E-state index contributed by atoms with van der Waals surface area (Å²) in [6, 6.07) is 12.3. The van der Waals surface area contributed by atoms with E-state index in [1.807, 2.05) is 38.1 Å². The van der Waals surface area contributed by atoms with Crippen molar-refractivity contribution in [3.8, 4) is 0 Å². The van der Waals surface area contributed by atoms with Crippen molar-refractivity contribution in [3.63, 3.8) is 0 Å². The number of nitrogens with one attached hydrogen (secondary N) is 1. The van der Waals surface area contributed by atoms with Gasteiger partial charge in [-0.15, -0.1) is 0 Å². The molecule has 4 rings (SSSR count). The topological polar surface area (TPSA) is 82.8 Å². The maximum absolute atomic E-state index is 12.8. The van der Waals surface area contributed by atoms with E-state index >= 15 is 0 Å². The molecule has 2 aromatic carbocycles. The molecule has 1 unspecified atom stereocenters. The summed E-state index contributed by atoms with van der Waals surface area (Å²) >= 11 is 0. The van der Waals surface area contributed by atoms with E-state index in [0.29, 0.717) is 29.0 Å². The van der Waals surface area contributed by atoms with Gasteiger partial charge in [-0.2, -0.15) is 0 Å². The first-order chi connectivity index (χ1) is 14.4. The molecule has 1 aliphatic rings. The van der Waals surface area contributed by atoms with E-state index in [2.05, 4.69) is 10.2 Å². The second-order valence-corrected chi connectivity index (χ2v) is 7.94. The molecule has 0 amide bonds. The van der Waals surface area contributed by atoms with E-state index in [4.69, 9.17) is 4.42 Å². The molecule has 2 N–H and O–H groups in total. The highest BCUT2D eigenvalue weighted by Gasteiger charge is 2.20. The first kappa shape index (κ1) is 20.2. The minimum Gasteiger partial charge on any atom is -0.478 e. The smallest absolute Gasteiger partial charge is 0.336 e. The van der Waals surface area contributed by atoms with Gasteiger partial charge in [0, 0.05) is 37.3 Å². The van der Waals surface area contributed by atoms with Crippen molar-refractivity contribution in [1.29, 1.82) is 0 Å². The Kier molecular flexibility index (Phi) is 5.59. The Morgan fingerprint density at radius 2 is 1.93 bits per heavy atom. The van der Waals surface area contributed by atoms with Gasteiger partial charge in [-0.3, -0.25) is 4.79 Å². The summed E-state index contributed by atoms with van der Waals surface area (Å²) < 4.78 is 6.24. The number of anilines is 1. The van der Waals surface area contributed by atoms with E-state index in [1.54, 1.807) is 18.2 Å². The van der Waals surface area contributed by atoms with Crippen molar-refractivity contribution in [2.24, 2.45) is 0 Å². The number of hydrogen-bond acceptors (Lipinski definition) is 5. The highest BCUT2D eigenvalue weighted by Crippen LogP contribution is 2.29. The maximum atomic E-state index is 12.8. The predicted molar refractivity (Wildman–Crippen MR) is 117 cm³/mol. The Balaban J connectivity index is 1.69. The molecule has 2 heterocycles. The van der Waals surface area contributed by atoms with Crippen LogP contribution in [-0.4, -0.2) is 24.2 Å². The fourth-order valence-corrected chi connectivity index (χ4v) is 4.09. The molecule has 156 valence electrons. The van der Waals surface area contributed by atoms with Gasteiger partial charge in [-0.05, 0) is 49.9 Å². The highest BCUT2D eigenvalue weighted by atomic mass is 16.4. The maximum Gasteiger partial charge on any atom is 0.336 e. The van der Waals surface area contributed by atoms with Crippen LogP contribution in [0.1, 0.15) is 52.9 Å². The van der Waals surface area contributed by atoms with E-state index in [-0.39, 0.29) is 17.0 Å². The summed E-state index contributed by atoms with van der Waals surface area (Å²) in [5, 5.41) is 13.4. The minimum absolute atomic E-state index is 0.0356. The summed E-state index contributed by atoms with van der Waals surface area (Å²) in [6.45, 7) is 6.16. The average molecular weight is 406 g/mol. The molecule has 0 radical (unpaired) electrons. The van der Waals surface area contributed by atoms with E-state index in [0.717, 1.165) is 37.1 Å². The molecule has 1 aliphatic heterocycles. The van der Waals surface area contributed by atoms with E-state index < -0.39 is 5.97 Å². The van der Waals surface area contributed by atoms with Crippen LogP contribution in [0.25, 0.3) is 11.0 Å². The number of hydrogen-bond donors (Lipinski definition) is 2. The summed E-state index contributed by atoms with van der Waals surface area (Å²) in [6.07, 6.45) is 2.20. The zero-order chi connectivity index (χ0) is 21.3. The number of aromatic carboxylic acids is 1. The van der Waals surface area contributed by atoms with Crippen LogP contribution in [0.15, 0.2) is 51.7 Å². The van der Waals surface area contributed by atoms with Crippen LogP contribution < -0.4 is 15.6 Å². The van der Waals surface area contributed by atoms with Crippen LogP contribution in [0.4, 0.5) is 5.88 Å². The van der Waals surface area contributed by atoms with Gasteiger partial charge < -0.3 is 19.7 Å². The molecule has 30 heavy (non-hydrogen) atoms. The summed E-state index contributed by atoms with van der Waals surface area (Å²) in [4.78, 5) is 26.4. The Morgan fingerprint density at radius 1 is 1.20 bits per heavy atom. The number of rotatable bonds is 6. The van der Waals surface area contributed by atoms with Crippen LogP contribution in [0.3, 0.4) is 0 Å². The van der Waals surface area contributed by atoms with Gasteiger partial charge in [0.1, 0.15) is 5.58 Å². The second-order valence-electron chi connectivity index (χ2n) is 7.94. The molecule has 3 aromatic rings. The number of benzene rings is 2. The number of carboxylic acid groups (broad SMARTS) is 1. The van der Waals surface area contributed by atoms with Crippen molar-refractivity contribution in [2.45, 2.75) is 39.3 Å². The van der Waals surface area contributed by atoms with Gasteiger partial charge >= 0.3 is 5.97 Å². The molecule has 1 saturated heterocycles. The Labute approximate surface area is 175 Å². The lowest BCUT2D eigenvalue weighted by molar-refractivity contribution is 0.0695. The Hall–Kier alpha value is -3.12. The lowest BCUT2D eigenvalue weighted by Gasteiger charge is -2.20. The van der Waals surface area contributed by atoms with Gasteiger partial charge in [0.15, 0.2) is 11.3 Å².